The van der Waals surface area contributed by atoms with Gasteiger partial charge in [0.2, 0.25) is 5.58 Å². The third-order valence-corrected chi connectivity index (χ3v) is 5.69. The molecule has 0 bridgehead atoms. The number of rotatable bonds is 2. The number of fused-ring (bicyclic) bond motifs is 5. The molecule has 2 heteroatoms. The Kier molecular flexibility index (Phi) is 2.90. The largest absolute Gasteiger partial charge is 0.398 e. The average Bonchev–Trinajstić information content (AvgIpc) is 2.96. The highest BCUT2D eigenvalue weighted by molar-refractivity contribution is 5.73. The van der Waals surface area contributed by atoms with Crippen LogP contribution in [0.3, 0.4) is 0 Å². The summed E-state index contributed by atoms with van der Waals surface area (Å²) in [5.41, 5.74) is 5.03. The minimum absolute atomic E-state index is 0.168. The molecule has 0 saturated carbocycles. The smallest absolute Gasteiger partial charge is 0.382 e. The second-order valence-corrected chi connectivity index (χ2v) is 6.33. The van der Waals surface area contributed by atoms with Crippen molar-refractivity contribution in [3.8, 4) is 11.5 Å². The lowest BCUT2D eigenvalue weighted by Gasteiger charge is -2.38. The monoisotopic (exact) mass is 292 g/mol. The molecule has 1 unspecified atom stereocenters. The van der Waals surface area contributed by atoms with Gasteiger partial charge in [0.1, 0.15) is 0 Å². The topological polar surface area (TPSA) is 17.0 Å². The van der Waals surface area contributed by atoms with Crippen molar-refractivity contribution in [2.45, 2.75) is 45.1 Å². The minimum Gasteiger partial charge on any atom is -0.398 e. The van der Waals surface area contributed by atoms with E-state index in [-0.39, 0.29) is 5.41 Å². The summed E-state index contributed by atoms with van der Waals surface area (Å²) < 4.78 is 8.64. The summed E-state index contributed by atoms with van der Waals surface area (Å²) in [6.45, 7) is 6.96. The second kappa shape index (κ2) is 4.70. The van der Waals surface area contributed by atoms with Crippen LogP contribution in [0.4, 0.5) is 0 Å². The Morgan fingerprint density at radius 1 is 1.00 bits per heavy atom. The van der Waals surface area contributed by atoms with Crippen LogP contribution in [0.1, 0.15) is 45.2 Å². The molecule has 1 aliphatic rings. The maximum Gasteiger partial charge on any atom is 0.382 e. The Bertz CT molecular complexity index is 842. The van der Waals surface area contributed by atoms with E-state index < -0.39 is 0 Å². The number of hydrogen-bond acceptors (Lipinski definition) is 1. The van der Waals surface area contributed by atoms with Crippen LogP contribution in [0.25, 0.3) is 22.6 Å². The zero-order valence-electron chi connectivity index (χ0n) is 13.5. The van der Waals surface area contributed by atoms with Crippen molar-refractivity contribution in [2.24, 2.45) is 0 Å². The Balaban J connectivity index is 2.14. The van der Waals surface area contributed by atoms with Crippen LogP contribution in [0.15, 0.2) is 52.9 Å². The highest BCUT2D eigenvalue weighted by atomic mass is 16.4. The van der Waals surface area contributed by atoms with Crippen LogP contribution in [-0.2, 0) is 5.41 Å². The molecule has 1 aromatic heterocycles. The van der Waals surface area contributed by atoms with Crippen molar-refractivity contribution in [2.75, 3.05) is 0 Å². The molecule has 112 valence electrons. The normalized spacial score (nSPS) is 19.0. The van der Waals surface area contributed by atoms with Crippen molar-refractivity contribution in [1.29, 1.82) is 0 Å². The van der Waals surface area contributed by atoms with Gasteiger partial charge in [0, 0.05) is 6.07 Å². The summed E-state index contributed by atoms with van der Waals surface area (Å²) in [5, 5.41) is 0. The van der Waals surface area contributed by atoms with Gasteiger partial charge in [-0.15, -0.1) is 0 Å². The zero-order chi connectivity index (χ0) is 15.3. The quantitative estimate of drug-likeness (QED) is 0.606. The van der Waals surface area contributed by atoms with E-state index in [1.54, 1.807) is 0 Å². The predicted octanol–water partition coefficient (Wildman–Crippen LogP) is 5.02. The molecule has 0 saturated heterocycles. The van der Waals surface area contributed by atoms with Gasteiger partial charge < -0.3 is 4.42 Å². The van der Waals surface area contributed by atoms with E-state index >= 15 is 0 Å². The predicted molar refractivity (Wildman–Crippen MR) is 88.8 cm³/mol. The van der Waals surface area contributed by atoms with Gasteiger partial charge in [0.05, 0.1) is 11.0 Å². The Hall–Kier alpha value is -2.09. The van der Waals surface area contributed by atoms with Gasteiger partial charge in [-0.05, 0) is 37.5 Å². The van der Waals surface area contributed by atoms with Crippen molar-refractivity contribution in [3.63, 3.8) is 0 Å². The molecule has 2 aromatic carbocycles. The first kappa shape index (κ1) is 13.6. The molecule has 1 atom stereocenters. The van der Waals surface area contributed by atoms with Gasteiger partial charge in [0.25, 0.3) is 5.52 Å². The van der Waals surface area contributed by atoms with Crippen LogP contribution in [0.5, 0.6) is 0 Å². The first-order chi connectivity index (χ1) is 10.7. The Morgan fingerprint density at radius 2 is 1.68 bits per heavy atom. The summed E-state index contributed by atoms with van der Waals surface area (Å²) in [6, 6.07) is 17.5. The van der Waals surface area contributed by atoms with Crippen LogP contribution in [-0.4, -0.2) is 0 Å². The van der Waals surface area contributed by atoms with Crippen molar-refractivity contribution in [1.82, 2.24) is 0 Å². The molecule has 2 heterocycles. The fraction of sp³-hybridized carbons (Fsp3) is 0.350. The van der Waals surface area contributed by atoms with Crippen molar-refractivity contribution < 1.29 is 8.98 Å². The molecule has 0 N–H and O–H groups in total. The van der Waals surface area contributed by atoms with E-state index in [4.69, 9.17) is 4.42 Å². The first-order valence-electron chi connectivity index (χ1n) is 8.26. The lowest BCUT2D eigenvalue weighted by molar-refractivity contribution is -0.700. The van der Waals surface area contributed by atoms with Gasteiger partial charge in [-0.2, -0.15) is 4.57 Å². The maximum atomic E-state index is 6.23. The van der Waals surface area contributed by atoms with E-state index in [1.807, 2.05) is 6.07 Å². The van der Waals surface area contributed by atoms with E-state index in [0.29, 0.717) is 6.04 Å². The molecule has 2 nitrogen and oxygen atoms in total. The van der Waals surface area contributed by atoms with E-state index in [2.05, 4.69) is 67.8 Å². The number of para-hydroxylation sites is 2. The molecule has 0 amide bonds. The second-order valence-electron chi connectivity index (χ2n) is 6.33. The van der Waals surface area contributed by atoms with Gasteiger partial charge >= 0.3 is 5.89 Å². The molecule has 0 spiro atoms. The first-order valence-corrected chi connectivity index (χ1v) is 8.26. The minimum atomic E-state index is 0.168. The summed E-state index contributed by atoms with van der Waals surface area (Å²) >= 11 is 0. The van der Waals surface area contributed by atoms with E-state index in [0.717, 1.165) is 24.3 Å². The van der Waals surface area contributed by atoms with Gasteiger partial charge in [-0.1, -0.05) is 44.2 Å². The average molecular weight is 292 g/mol. The lowest BCUT2D eigenvalue weighted by atomic mass is 9.67. The summed E-state index contributed by atoms with van der Waals surface area (Å²) in [5.74, 6) is 1.00. The SMILES string of the molecule is CCC1(CC)c2ccccc2-c2oc3ccccc3[n+]2C1C. The summed E-state index contributed by atoms with van der Waals surface area (Å²) in [6.07, 6.45) is 2.27. The third kappa shape index (κ3) is 1.53. The van der Waals surface area contributed by atoms with Crippen LogP contribution in [0, 0.1) is 0 Å². The van der Waals surface area contributed by atoms with Crippen LogP contribution in [0.2, 0.25) is 0 Å². The molecule has 0 fully saturated rings. The molecule has 22 heavy (non-hydrogen) atoms. The maximum absolute atomic E-state index is 6.23. The van der Waals surface area contributed by atoms with Gasteiger partial charge in [-0.3, -0.25) is 0 Å². The third-order valence-electron chi connectivity index (χ3n) is 5.69. The highest BCUT2D eigenvalue weighted by Gasteiger charge is 2.50. The molecular weight excluding hydrogens is 270 g/mol. The molecule has 1 aliphatic heterocycles. The zero-order valence-corrected chi connectivity index (χ0v) is 13.5. The van der Waals surface area contributed by atoms with Gasteiger partial charge in [0.15, 0.2) is 6.04 Å². The summed E-state index contributed by atoms with van der Waals surface area (Å²) in [7, 11) is 0. The number of nitrogens with zero attached hydrogens (tertiary/aromatic N) is 1. The van der Waals surface area contributed by atoms with Crippen LogP contribution >= 0.6 is 0 Å². The molecular formula is C20H22NO+. The van der Waals surface area contributed by atoms with Crippen molar-refractivity contribution >= 4 is 11.1 Å². The lowest BCUT2D eigenvalue weighted by Crippen LogP contribution is -2.53. The standard InChI is InChI=1S/C20H22NO/c1-4-20(5-2)14(3)21-17-12-8-9-13-18(17)22-19(21)15-10-6-7-11-16(15)20/h6-14H,4-5H2,1-3H3/q+1. The molecule has 4 rings (SSSR count). The van der Waals surface area contributed by atoms with E-state index in [1.165, 1.54) is 16.6 Å². The molecule has 3 aromatic rings. The van der Waals surface area contributed by atoms with Gasteiger partial charge in [-0.25, -0.2) is 0 Å². The fourth-order valence-corrected chi connectivity index (χ4v) is 4.37. The number of aromatic nitrogens is 1. The fourth-order valence-electron chi connectivity index (χ4n) is 4.37. The molecule has 0 radical (unpaired) electrons. The van der Waals surface area contributed by atoms with Crippen molar-refractivity contribution in [3.05, 3.63) is 54.1 Å². The van der Waals surface area contributed by atoms with E-state index in [9.17, 15) is 0 Å². The van der Waals surface area contributed by atoms with Crippen LogP contribution < -0.4 is 4.57 Å². The number of oxazole rings is 1. The molecule has 0 aliphatic carbocycles. The number of hydrogen-bond donors (Lipinski definition) is 0. The summed E-state index contributed by atoms with van der Waals surface area (Å²) in [4.78, 5) is 0. The Morgan fingerprint density at radius 3 is 2.45 bits per heavy atom. The Labute approximate surface area is 131 Å². The number of benzene rings is 2. The highest BCUT2D eigenvalue weighted by Crippen LogP contribution is 2.48.